The van der Waals surface area contributed by atoms with E-state index in [0.29, 0.717) is 15.4 Å². The Bertz CT molecular complexity index is 632. The van der Waals surface area contributed by atoms with Crippen molar-refractivity contribution in [2.24, 2.45) is 0 Å². The number of pyridine rings is 1. The molecule has 0 aliphatic heterocycles. The van der Waals surface area contributed by atoms with Gasteiger partial charge in [0.05, 0.1) is 6.07 Å². The molecule has 0 bridgehead atoms. The zero-order chi connectivity index (χ0) is 14.5. The fraction of sp³-hybridized carbons (Fsp3) is 0.143. The average molecular weight is 293 g/mol. The number of hydrogen-bond donors (Lipinski definition) is 1. The molecule has 6 heteroatoms. The maximum atomic E-state index is 11.8. The Labute approximate surface area is 121 Å². The second-order valence-electron chi connectivity index (χ2n) is 4.16. The molecule has 0 aliphatic rings. The Morgan fingerprint density at radius 1 is 1.40 bits per heavy atom. The highest BCUT2D eigenvalue weighted by molar-refractivity contribution is 6.30. The van der Waals surface area contributed by atoms with E-state index in [9.17, 15) is 10.0 Å². The van der Waals surface area contributed by atoms with Crippen LogP contribution in [0.3, 0.4) is 0 Å². The van der Waals surface area contributed by atoms with Gasteiger partial charge in [0, 0.05) is 16.8 Å². The molecule has 0 aliphatic carbocycles. The minimum Gasteiger partial charge on any atom is -0.616 e. The molecule has 1 N–H and O–H groups in total. The lowest BCUT2D eigenvalue weighted by Crippen LogP contribution is -2.30. The predicted octanol–water partition coefficient (Wildman–Crippen LogP) is 2.30. The van der Waals surface area contributed by atoms with Crippen molar-refractivity contribution in [3.63, 3.8) is 0 Å². The molecule has 0 atom stereocenters. The largest absolute Gasteiger partial charge is 0.616 e. The van der Waals surface area contributed by atoms with Gasteiger partial charge in [-0.15, -0.1) is 4.73 Å². The number of benzene rings is 1. The lowest BCUT2D eigenvalue weighted by atomic mass is 10.2. The number of carbonyl (C=O) groups is 1. The van der Waals surface area contributed by atoms with Crippen LogP contribution in [0.15, 0.2) is 42.6 Å². The van der Waals surface area contributed by atoms with E-state index in [1.54, 1.807) is 30.3 Å². The van der Waals surface area contributed by atoms with Crippen molar-refractivity contribution in [3.05, 3.63) is 58.4 Å². The SMILES string of the molecule is Cc1cc(Cl)ccc1NC(=O)COc1cccc[n+]1[O-]. The Morgan fingerprint density at radius 2 is 2.20 bits per heavy atom. The van der Waals surface area contributed by atoms with Crippen molar-refractivity contribution >= 4 is 23.2 Å². The third-order valence-corrected chi connectivity index (χ3v) is 2.84. The molecule has 1 aromatic heterocycles. The number of carbonyl (C=O) groups excluding carboxylic acids is 1. The second kappa shape index (κ2) is 6.25. The van der Waals surface area contributed by atoms with Crippen LogP contribution in [-0.2, 0) is 4.79 Å². The molecular formula is C14H13ClN2O3. The van der Waals surface area contributed by atoms with Crippen LogP contribution in [0.25, 0.3) is 0 Å². The van der Waals surface area contributed by atoms with Gasteiger partial charge in [-0.25, -0.2) is 0 Å². The zero-order valence-electron chi connectivity index (χ0n) is 10.8. The Balaban J connectivity index is 1.94. The quantitative estimate of drug-likeness (QED) is 0.694. The molecule has 0 saturated heterocycles. The predicted molar refractivity (Wildman–Crippen MR) is 75.7 cm³/mol. The lowest BCUT2D eigenvalue weighted by molar-refractivity contribution is -0.612. The van der Waals surface area contributed by atoms with Crippen LogP contribution < -0.4 is 14.8 Å². The summed E-state index contributed by atoms with van der Waals surface area (Å²) in [5.41, 5.74) is 1.51. The summed E-state index contributed by atoms with van der Waals surface area (Å²) in [4.78, 5) is 11.8. The molecule has 5 nitrogen and oxygen atoms in total. The van der Waals surface area contributed by atoms with Gasteiger partial charge in [-0.1, -0.05) is 11.6 Å². The van der Waals surface area contributed by atoms with Gasteiger partial charge >= 0.3 is 5.88 Å². The van der Waals surface area contributed by atoms with E-state index in [2.05, 4.69) is 5.32 Å². The molecule has 2 aromatic rings. The Kier molecular flexibility index (Phi) is 4.42. The second-order valence-corrected chi connectivity index (χ2v) is 4.60. The number of nitrogens with zero attached hydrogens (tertiary/aromatic N) is 1. The first-order chi connectivity index (χ1) is 9.56. The molecular weight excluding hydrogens is 280 g/mol. The molecule has 1 amide bonds. The van der Waals surface area contributed by atoms with Crippen molar-refractivity contribution in [1.82, 2.24) is 0 Å². The van der Waals surface area contributed by atoms with Crippen LogP contribution in [0.1, 0.15) is 5.56 Å². The number of anilines is 1. The number of amides is 1. The van der Waals surface area contributed by atoms with Crippen LogP contribution in [-0.4, -0.2) is 12.5 Å². The molecule has 2 rings (SSSR count). The first kappa shape index (κ1) is 14.1. The van der Waals surface area contributed by atoms with Gasteiger partial charge in [0.2, 0.25) is 0 Å². The monoisotopic (exact) mass is 292 g/mol. The van der Waals surface area contributed by atoms with Crippen molar-refractivity contribution in [2.75, 3.05) is 11.9 Å². The topological polar surface area (TPSA) is 65.3 Å². The van der Waals surface area contributed by atoms with Gasteiger partial charge < -0.3 is 15.3 Å². The highest BCUT2D eigenvalue weighted by Gasteiger charge is 2.09. The number of halogens is 1. The summed E-state index contributed by atoms with van der Waals surface area (Å²) in [7, 11) is 0. The first-order valence-corrected chi connectivity index (χ1v) is 6.31. The average Bonchev–Trinajstić information content (AvgIpc) is 2.41. The third kappa shape index (κ3) is 3.61. The van der Waals surface area contributed by atoms with Crippen molar-refractivity contribution in [3.8, 4) is 5.88 Å². The van der Waals surface area contributed by atoms with Crippen LogP contribution in [0.2, 0.25) is 5.02 Å². The van der Waals surface area contributed by atoms with Gasteiger partial charge in [0.25, 0.3) is 5.91 Å². The van der Waals surface area contributed by atoms with Gasteiger partial charge in [-0.2, -0.15) is 0 Å². The number of nitrogens with one attached hydrogen (secondary N) is 1. The summed E-state index contributed by atoms with van der Waals surface area (Å²) in [5.74, 6) is -0.269. The number of rotatable bonds is 4. The minimum atomic E-state index is -0.348. The van der Waals surface area contributed by atoms with Crippen LogP contribution in [0, 0.1) is 12.1 Å². The molecule has 1 aromatic carbocycles. The van der Waals surface area contributed by atoms with E-state index < -0.39 is 0 Å². The molecule has 0 radical (unpaired) electrons. The van der Waals surface area contributed by atoms with E-state index in [-0.39, 0.29) is 18.4 Å². The minimum absolute atomic E-state index is 0.0791. The number of ether oxygens (including phenoxy) is 1. The molecule has 0 fully saturated rings. The van der Waals surface area contributed by atoms with Gasteiger partial charge in [0.1, 0.15) is 0 Å². The van der Waals surface area contributed by atoms with Gasteiger partial charge in [0.15, 0.2) is 12.8 Å². The van der Waals surface area contributed by atoms with E-state index in [1.807, 2.05) is 6.92 Å². The standard InChI is InChI=1S/C14H13ClN2O3/c1-10-8-11(15)5-6-12(10)16-13(18)9-20-14-4-2-3-7-17(14)19/h2-8H,9H2,1H3,(H,16,18). The summed E-state index contributed by atoms with van der Waals surface area (Å²) < 4.78 is 5.70. The van der Waals surface area contributed by atoms with Crippen LogP contribution in [0.4, 0.5) is 5.69 Å². The van der Waals surface area contributed by atoms with Crippen molar-refractivity contribution < 1.29 is 14.3 Å². The maximum Gasteiger partial charge on any atom is 0.379 e. The number of aromatic nitrogens is 1. The summed E-state index contributed by atoms with van der Waals surface area (Å²) in [5, 5.41) is 14.6. The molecule has 20 heavy (non-hydrogen) atoms. The summed E-state index contributed by atoms with van der Waals surface area (Å²) in [6, 6.07) is 9.89. The van der Waals surface area contributed by atoms with Gasteiger partial charge in [-0.3, -0.25) is 4.79 Å². The smallest absolute Gasteiger partial charge is 0.379 e. The summed E-state index contributed by atoms with van der Waals surface area (Å²) in [6.45, 7) is 1.60. The Hall–Kier alpha value is -2.27. The van der Waals surface area contributed by atoms with E-state index in [1.165, 1.54) is 12.3 Å². The van der Waals surface area contributed by atoms with Crippen LogP contribution in [0.5, 0.6) is 5.88 Å². The highest BCUT2D eigenvalue weighted by atomic mass is 35.5. The fourth-order valence-corrected chi connectivity index (χ4v) is 1.84. The van der Waals surface area contributed by atoms with E-state index in [0.717, 1.165) is 5.56 Å². The maximum absolute atomic E-state index is 11.8. The van der Waals surface area contributed by atoms with Crippen molar-refractivity contribution in [2.45, 2.75) is 6.92 Å². The van der Waals surface area contributed by atoms with Gasteiger partial charge in [-0.05, 0) is 36.8 Å². The van der Waals surface area contributed by atoms with Crippen molar-refractivity contribution in [1.29, 1.82) is 0 Å². The molecule has 0 saturated carbocycles. The molecule has 104 valence electrons. The van der Waals surface area contributed by atoms with E-state index >= 15 is 0 Å². The fourth-order valence-electron chi connectivity index (χ4n) is 1.62. The number of hydrogen-bond acceptors (Lipinski definition) is 3. The molecule has 1 heterocycles. The third-order valence-electron chi connectivity index (χ3n) is 2.60. The summed E-state index contributed by atoms with van der Waals surface area (Å²) in [6.07, 6.45) is 1.30. The normalized spacial score (nSPS) is 10.1. The highest BCUT2D eigenvalue weighted by Crippen LogP contribution is 2.19. The van der Waals surface area contributed by atoms with E-state index in [4.69, 9.17) is 16.3 Å². The Morgan fingerprint density at radius 3 is 2.90 bits per heavy atom. The summed E-state index contributed by atoms with van der Waals surface area (Å²) >= 11 is 5.84. The molecule has 0 unspecified atom stereocenters. The van der Waals surface area contributed by atoms with Crippen LogP contribution >= 0.6 is 11.6 Å². The first-order valence-electron chi connectivity index (χ1n) is 5.93. The number of aryl methyl sites for hydroxylation is 1. The molecule has 0 spiro atoms. The zero-order valence-corrected chi connectivity index (χ0v) is 11.6. The lowest BCUT2D eigenvalue weighted by Gasteiger charge is -2.09.